The molecule has 4 aromatic carbocycles. The Morgan fingerprint density at radius 2 is 1.43 bits per heavy atom. The summed E-state index contributed by atoms with van der Waals surface area (Å²) in [5, 5.41) is 3.21. The van der Waals surface area contributed by atoms with Gasteiger partial charge in [-0.05, 0) is 66.6 Å². The molecule has 0 aliphatic heterocycles. The highest BCUT2D eigenvalue weighted by Gasteiger charge is 2.34. The topological polar surface area (TPSA) is 86.8 Å². The van der Waals surface area contributed by atoms with E-state index in [0.29, 0.717) is 17.1 Å². The van der Waals surface area contributed by atoms with Crippen molar-refractivity contribution < 1.29 is 22.4 Å². The Morgan fingerprint density at radius 1 is 0.833 bits per heavy atom. The van der Waals surface area contributed by atoms with E-state index >= 15 is 0 Å². The molecule has 2 amide bonds. The Kier molecular flexibility index (Phi) is 10.3. The molecule has 4 aromatic rings. The minimum absolute atomic E-state index is 0.00222. The molecule has 0 radical (unpaired) electrons. The Balaban J connectivity index is 1.78. The predicted molar refractivity (Wildman–Crippen MR) is 162 cm³/mol. The van der Waals surface area contributed by atoms with Crippen molar-refractivity contribution >= 4 is 39.1 Å². The number of halogens is 2. The van der Waals surface area contributed by atoms with Gasteiger partial charge in [-0.15, -0.1) is 0 Å². The second-order valence-corrected chi connectivity index (χ2v) is 11.8. The van der Waals surface area contributed by atoms with Gasteiger partial charge in [0.25, 0.3) is 10.0 Å². The van der Waals surface area contributed by atoms with Crippen LogP contribution in [0.5, 0.6) is 0 Å². The molecule has 218 valence electrons. The highest BCUT2D eigenvalue weighted by Crippen LogP contribution is 2.26. The molecular formula is C32H31ClFN3O4S. The summed E-state index contributed by atoms with van der Waals surface area (Å²) in [6.07, 6.45) is 0.186. The average Bonchev–Trinajstić information content (AvgIpc) is 3.00. The maximum Gasteiger partial charge on any atom is 0.264 e. The van der Waals surface area contributed by atoms with Crippen LogP contribution in [0.4, 0.5) is 10.1 Å². The Labute approximate surface area is 250 Å². The van der Waals surface area contributed by atoms with Gasteiger partial charge < -0.3 is 10.2 Å². The molecule has 0 heterocycles. The summed E-state index contributed by atoms with van der Waals surface area (Å²) < 4.78 is 42.5. The first-order chi connectivity index (χ1) is 20.2. The van der Waals surface area contributed by atoms with Crippen molar-refractivity contribution in [2.75, 3.05) is 17.4 Å². The molecule has 1 N–H and O–H groups in total. The van der Waals surface area contributed by atoms with Gasteiger partial charge >= 0.3 is 0 Å². The van der Waals surface area contributed by atoms with Crippen LogP contribution in [0.2, 0.25) is 5.02 Å². The average molecular weight is 608 g/mol. The fourth-order valence-corrected chi connectivity index (χ4v) is 6.05. The minimum atomic E-state index is -4.20. The molecule has 0 fully saturated rings. The van der Waals surface area contributed by atoms with Crippen molar-refractivity contribution in [3.8, 4) is 0 Å². The molecule has 1 atom stereocenters. The van der Waals surface area contributed by atoms with E-state index in [2.05, 4.69) is 5.32 Å². The van der Waals surface area contributed by atoms with Crippen molar-refractivity contribution in [1.82, 2.24) is 10.2 Å². The quantitative estimate of drug-likeness (QED) is 0.232. The lowest BCUT2D eigenvalue weighted by molar-refractivity contribution is -0.140. The molecule has 10 heteroatoms. The number of hydrogen-bond acceptors (Lipinski definition) is 4. The van der Waals surface area contributed by atoms with Crippen molar-refractivity contribution in [1.29, 1.82) is 0 Å². The lowest BCUT2D eigenvalue weighted by atomic mass is 10.0. The van der Waals surface area contributed by atoms with Gasteiger partial charge in [0, 0.05) is 24.5 Å². The molecule has 42 heavy (non-hydrogen) atoms. The number of nitrogens with zero attached hydrogens (tertiary/aromatic N) is 2. The summed E-state index contributed by atoms with van der Waals surface area (Å²) in [4.78, 5) is 29.0. The number of sulfonamides is 1. The van der Waals surface area contributed by atoms with Gasteiger partial charge in [-0.1, -0.05) is 72.3 Å². The van der Waals surface area contributed by atoms with E-state index in [1.54, 1.807) is 25.1 Å². The van der Waals surface area contributed by atoms with Crippen LogP contribution in [-0.4, -0.2) is 44.3 Å². The third-order valence-corrected chi connectivity index (χ3v) is 8.65. The smallest absolute Gasteiger partial charge is 0.264 e. The Bertz CT molecular complexity index is 1590. The van der Waals surface area contributed by atoms with Gasteiger partial charge in [0.15, 0.2) is 0 Å². The highest BCUT2D eigenvalue weighted by molar-refractivity contribution is 7.92. The maximum atomic E-state index is 14.2. The fourth-order valence-electron chi connectivity index (χ4n) is 4.49. The standard InChI is InChI=1S/C32H31ClFN3O4S/c1-2-35-32(39)30(21-24-9-5-3-6-10-24)36(22-25-13-17-27(34)18-14-25)31(38)23-37(28-19-15-26(33)16-20-28)42(40,41)29-11-7-4-8-12-29/h3-20,30H,2,21-23H2,1H3,(H,35,39)/t30-/m0/s1. The Hall–Kier alpha value is -4.21. The molecule has 4 rings (SSSR count). The van der Waals surface area contributed by atoms with Gasteiger partial charge in [-0.25, -0.2) is 12.8 Å². The third-order valence-electron chi connectivity index (χ3n) is 6.61. The van der Waals surface area contributed by atoms with Gasteiger partial charge in [0.1, 0.15) is 18.4 Å². The highest BCUT2D eigenvalue weighted by atomic mass is 35.5. The van der Waals surface area contributed by atoms with Crippen molar-refractivity contribution in [2.24, 2.45) is 0 Å². The molecule has 0 aliphatic carbocycles. The van der Waals surface area contributed by atoms with E-state index in [0.717, 1.165) is 9.87 Å². The van der Waals surface area contributed by atoms with Gasteiger partial charge in [0.05, 0.1) is 10.6 Å². The van der Waals surface area contributed by atoms with E-state index in [1.165, 1.54) is 65.6 Å². The van der Waals surface area contributed by atoms with Crippen molar-refractivity contribution in [3.05, 3.63) is 131 Å². The fraction of sp³-hybridized carbons (Fsp3) is 0.188. The first kappa shape index (κ1) is 30.7. The number of carbonyl (C=O) groups excluding carboxylic acids is 2. The molecular weight excluding hydrogens is 577 g/mol. The summed E-state index contributed by atoms with van der Waals surface area (Å²) in [6, 6.07) is 27.8. The summed E-state index contributed by atoms with van der Waals surface area (Å²) in [5.74, 6) is -1.44. The number of likely N-dealkylation sites (N-methyl/N-ethyl adjacent to an activating group) is 1. The summed E-state index contributed by atoms with van der Waals surface area (Å²) in [7, 11) is -4.20. The third kappa shape index (κ3) is 7.74. The first-order valence-electron chi connectivity index (χ1n) is 13.4. The predicted octanol–water partition coefficient (Wildman–Crippen LogP) is 5.45. The number of benzene rings is 4. The zero-order valence-electron chi connectivity index (χ0n) is 23.0. The number of carbonyl (C=O) groups is 2. The molecule has 0 bridgehead atoms. The zero-order chi connectivity index (χ0) is 30.1. The SMILES string of the molecule is CCNC(=O)[C@H](Cc1ccccc1)N(Cc1ccc(F)cc1)C(=O)CN(c1ccc(Cl)cc1)S(=O)(=O)c1ccccc1. The van der Waals surface area contributed by atoms with Crippen LogP contribution >= 0.6 is 11.6 Å². The van der Waals surface area contributed by atoms with Crippen LogP contribution in [0.25, 0.3) is 0 Å². The van der Waals surface area contributed by atoms with Crippen LogP contribution in [0.1, 0.15) is 18.1 Å². The number of rotatable bonds is 12. The van der Waals surface area contributed by atoms with Gasteiger partial charge in [-0.2, -0.15) is 0 Å². The number of hydrogen-bond donors (Lipinski definition) is 1. The van der Waals surface area contributed by atoms with Crippen LogP contribution < -0.4 is 9.62 Å². The molecule has 7 nitrogen and oxygen atoms in total. The zero-order valence-corrected chi connectivity index (χ0v) is 24.6. The van der Waals surface area contributed by atoms with Crippen molar-refractivity contribution in [2.45, 2.75) is 30.8 Å². The van der Waals surface area contributed by atoms with E-state index in [4.69, 9.17) is 11.6 Å². The Morgan fingerprint density at radius 3 is 2.02 bits per heavy atom. The summed E-state index contributed by atoms with van der Waals surface area (Å²) >= 11 is 6.07. The lowest BCUT2D eigenvalue weighted by Gasteiger charge is -2.33. The molecule has 0 saturated heterocycles. The van der Waals surface area contributed by atoms with Crippen LogP contribution in [0.15, 0.2) is 114 Å². The second-order valence-electron chi connectivity index (χ2n) is 9.55. The number of anilines is 1. The monoisotopic (exact) mass is 607 g/mol. The van der Waals surface area contributed by atoms with Crippen LogP contribution in [0, 0.1) is 5.82 Å². The van der Waals surface area contributed by atoms with Gasteiger partial charge in [0.2, 0.25) is 11.8 Å². The lowest BCUT2D eigenvalue weighted by Crippen LogP contribution is -2.53. The number of nitrogens with one attached hydrogen (secondary N) is 1. The molecule has 0 saturated carbocycles. The van der Waals surface area contributed by atoms with Crippen LogP contribution in [-0.2, 0) is 32.6 Å². The normalized spacial score (nSPS) is 11.9. The maximum absolute atomic E-state index is 14.2. The first-order valence-corrected chi connectivity index (χ1v) is 15.2. The van der Waals surface area contributed by atoms with Gasteiger partial charge in [-0.3, -0.25) is 13.9 Å². The molecule has 0 aromatic heterocycles. The summed E-state index contributed by atoms with van der Waals surface area (Å²) in [6.45, 7) is 1.47. The van der Waals surface area contributed by atoms with Crippen LogP contribution in [0.3, 0.4) is 0 Å². The molecule has 0 unspecified atom stereocenters. The summed E-state index contributed by atoms with van der Waals surface area (Å²) in [5.41, 5.74) is 1.63. The minimum Gasteiger partial charge on any atom is -0.355 e. The van der Waals surface area contributed by atoms with Crippen molar-refractivity contribution in [3.63, 3.8) is 0 Å². The molecule has 0 spiro atoms. The second kappa shape index (κ2) is 14.1. The van der Waals surface area contributed by atoms with E-state index in [9.17, 15) is 22.4 Å². The number of amides is 2. The van der Waals surface area contributed by atoms with E-state index in [1.807, 2.05) is 30.3 Å². The largest absolute Gasteiger partial charge is 0.355 e. The van der Waals surface area contributed by atoms with E-state index < -0.39 is 34.3 Å². The molecule has 0 aliphatic rings. The van der Waals surface area contributed by atoms with E-state index in [-0.39, 0.29) is 29.5 Å².